The number of rotatable bonds is 3. The zero-order valence-corrected chi connectivity index (χ0v) is 12.4. The van der Waals surface area contributed by atoms with Crippen molar-refractivity contribution in [2.45, 2.75) is 37.6 Å². The minimum atomic E-state index is -0.517. The maximum Gasteiger partial charge on any atom is 0.242 e. The molecule has 0 aromatic heterocycles. The van der Waals surface area contributed by atoms with E-state index in [4.69, 9.17) is 10.5 Å². The van der Waals surface area contributed by atoms with Crippen molar-refractivity contribution in [1.82, 2.24) is 9.80 Å². The second-order valence-corrected chi connectivity index (χ2v) is 6.66. The molecular formula is C15H27N3O2. The van der Waals surface area contributed by atoms with Crippen LogP contribution in [0.1, 0.15) is 32.1 Å². The van der Waals surface area contributed by atoms with Crippen molar-refractivity contribution in [3.05, 3.63) is 0 Å². The largest absolute Gasteiger partial charge is 0.379 e. The smallest absolute Gasteiger partial charge is 0.242 e. The number of carbonyl (C=O) groups excluding carboxylic acids is 1. The van der Waals surface area contributed by atoms with E-state index in [1.807, 2.05) is 4.90 Å². The summed E-state index contributed by atoms with van der Waals surface area (Å²) in [5.41, 5.74) is 5.63. The zero-order chi connectivity index (χ0) is 14.0. The molecule has 1 amide bonds. The summed E-state index contributed by atoms with van der Waals surface area (Å²) in [5, 5.41) is 0. The van der Waals surface area contributed by atoms with Crippen molar-refractivity contribution in [3.8, 4) is 0 Å². The molecule has 2 heterocycles. The Bertz CT molecular complexity index is 343. The number of ether oxygens (including phenoxy) is 1. The fraction of sp³-hybridized carbons (Fsp3) is 0.933. The summed E-state index contributed by atoms with van der Waals surface area (Å²) >= 11 is 0. The van der Waals surface area contributed by atoms with E-state index in [-0.39, 0.29) is 5.91 Å². The molecule has 1 aliphatic carbocycles. The molecule has 3 aliphatic rings. The predicted molar refractivity (Wildman–Crippen MR) is 77.3 cm³/mol. The summed E-state index contributed by atoms with van der Waals surface area (Å²) in [7, 11) is 0. The van der Waals surface area contributed by atoms with Gasteiger partial charge < -0.3 is 15.4 Å². The lowest BCUT2D eigenvalue weighted by Crippen LogP contribution is -2.60. The highest BCUT2D eigenvalue weighted by atomic mass is 16.5. The molecule has 1 saturated carbocycles. The fourth-order valence-electron chi connectivity index (χ4n) is 3.55. The van der Waals surface area contributed by atoms with Gasteiger partial charge in [0.05, 0.1) is 18.8 Å². The summed E-state index contributed by atoms with van der Waals surface area (Å²) in [6.45, 7) is 6.81. The summed E-state index contributed by atoms with van der Waals surface area (Å²) in [4.78, 5) is 16.9. The number of hydrogen-bond donors (Lipinski definition) is 1. The van der Waals surface area contributed by atoms with Crippen LogP contribution in [0, 0.1) is 5.92 Å². The number of piperidine rings is 1. The fourth-order valence-corrected chi connectivity index (χ4v) is 3.55. The molecule has 0 spiro atoms. The Kier molecular flexibility index (Phi) is 4.29. The van der Waals surface area contributed by atoms with Crippen molar-refractivity contribution in [2.75, 3.05) is 45.9 Å². The molecule has 0 radical (unpaired) electrons. The lowest BCUT2D eigenvalue weighted by atomic mass is 9.76. The van der Waals surface area contributed by atoms with E-state index < -0.39 is 5.54 Å². The van der Waals surface area contributed by atoms with Crippen molar-refractivity contribution in [1.29, 1.82) is 0 Å². The lowest BCUT2D eigenvalue weighted by Gasteiger charge is -2.43. The molecule has 0 aromatic rings. The van der Waals surface area contributed by atoms with Gasteiger partial charge in [-0.05, 0) is 38.0 Å². The van der Waals surface area contributed by atoms with Gasteiger partial charge in [-0.3, -0.25) is 9.69 Å². The molecule has 0 bridgehead atoms. The van der Waals surface area contributed by atoms with Gasteiger partial charge in [-0.25, -0.2) is 0 Å². The SMILES string of the molecule is NC1(C(=O)N2CCC(CN3CCOCC3)CC2)CCC1. The first-order chi connectivity index (χ1) is 9.67. The average Bonchev–Trinajstić information content (AvgIpc) is 2.46. The van der Waals surface area contributed by atoms with Crippen LogP contribution in [0.2, 0.25) is 0 Å². The van der Waals surface area contributed by atoms with E-state index >= 15 is 0 Å². The first kappa shape index (κ1) is 14.3. The Morgan fingerprint density at radius 1 is 1.15 bits per heavy atom. The highest BCUT2D eigenvalue weighted by molar-refractivity contribution is 5.87. The van der Waals surface area contributed by atoms with Gasteiger partial charge in [0.25, 0.3) is 0 Å². The highest BCUT2D eigenvalue weighted by Gasteiger charge is 2.43. The van der Waals surface area contributed by atoms with Gasteiger partial charge in [0, 0.05) is 32.7 Å². The average molecular weight is 281 g/mol. The normalized spacial score (nSPS) is 28.1. The molecule has 2 aliphatic heterocycles. The van der Waals surface area contributed by atoms with Gasteiger partial charge in [-0.1, -0.05) is 0 Å². The molecular weight excluding hydrogens is 254 g/mol. The molecule has 0 atom stereocenters. The minimum Gasteiger partial charge on any atom is -0.379 e. The zero-order valence-electron chi connectivity index (χ0n) is 12.4. The second-order valence-electron chi connectivity index (χ2n) is 6.66. The van der Waals surface area contributed by atoms with Crippen molar-refractivity contribution < 1.29 is 9.53 Å². The lowest BCUT2D eigenvalue weighted by molar-refractivity contribution is -0.141. The number of nitrogens with two attached hydrogens (primary N) is 1. The third-order valence-corrected chi connectivity index (χ3v) is 5.19. The van der Waals surface area contributed by atoms with Crippen LogP contribution in [0.25, 0.3) is 0 Å². The number of nitrogens with zero attached hydrogens (tertiary/aromatic N) is 2. The number of carbonyl (C=O) groups is 1. The number of hydrogen-bond acceptors (Lipinski definition) is 4. The van der Waals surface area contributed by atoms with Gasteiger partial charge in [0.15, 0.2) is 0 Å². The Hall–Kier alpha value is -0.650. The number of amides is 1. The maximum atomic E-state index is 12.4. The molecule has 3 rings (SSSR count). The Balaban J connectivity index is 1.43. The van der Waals surface area contributed by atoms with Crippen LogP contribution >= 0.6 is 0 Å². The van der Waals surface area contributed by atoms with Crippen LogP contribution in [0.15, 0.2) is 0 Å². The summed E-state index contributed by atoms with van der Waals surface area (Å²) in [6.07, 6.45) is 5.10. The first-order valence-corrected chi connectivity index (χ1v) is 8.06. The summed E-state index contributed by atoms with van der Waals surface area (Å²) < 4.78 is 5.39. The first-order valence-electron chi connectivity index (χ1n) is 8.06. The maximum absolute atomic E-state index is 12.4. The summed E-state index contributed by atoms with van der Waals surface area (Å²) in [6, 6.07) is 0. The molecule has 114 valence electrons. The van der Waals surface area contributed by atoms with Gasteiger partial charge in [0.1, 0.15) is 0 Å². The predicted octanol–water partition coefficient (Wildman–Crippen LogP) is 0.439. The van der Waals surface area contributed by atoms with Crippen molar-refractivity contribution in [3.63, 3.8) is 0 Å². The van der Waals surface area contributed by atoms with Crippen LogP contribution in [0.5, 0.6) is 0 Å². The van der Waals surface area contributed by atoms with E-state index in [0.717, 1.165) is 77.4 Å². The minimum absolute atomic E-state index is 0.202. The van der Waals surface area contributed by atoms with Gasteiger partial charge >= 0.3 is 0 Å². The van der Waals surface area contributed by atoms with Crippen LogP contribution < -0.4 is 5.73 Å². The Morgan fingerprint density at radius 3 is 2.35 bits per heavy atom. The number of morpholine rings is 1. The van der Waals surface area contributed by atoms with Gasteiger partial charge in [-0.2, -0.15) is 0 Å². The van der Waals surface area contributed by atoms with E-state index in [9.17, 15) is 4.79 Å². The van der Waals surface area contributed by atoms with Crippen molar-refractivity contribution in [2.24, 2.45) is 11.7 Å². The van der Waals surface area contributed by atoms with Crippen LogP contribution in [-0.2, 0) is 9.53 Å². The third kappa shape index (κ3) is 3.00. The second kappa shape index (κ2) is 6.00. The Labute approximate surface area is 121 Å². The highest BCUT2D eigenvalue weighted by Crippen LogP contribution is 2.32. The molecule has 2 saturated heterocycles. The summed E-state index contributed by atoms with van der Waals surface area (Å²) in [5.74, 6) is 0.931. The molecule has 2 N–H and O–H groups in total. The number of likely N-dealkylation sites (tertiary alicyclic amines) is 1. The third-order valence-electron chi connectivity index (χ3n) is 5.19. The molecule has 0 aromatic carbocycles. The molecule has 20 heavy (non-hydrogen) atoms. The van der Waals surface area contributed by atoms with Gasteiger partial charge in [-0.15, -0.1) is 0 Å². The molecule has 0 unspecified atom stereocenters. The van der Waals surface area contributed by atoms with Gasteiger partial charge in [0.2, 0.25) is 5.91 Å². The Morgan fingerprint density at radius 2 is 1.80 bits per heavy atom. The van der Waals surface area contributed by atoms with Crippen LogP contribution in [0.3, 0.4) is 0 Å². The molecule has 5 heteroatoms. The van der Waals surface area contributed by atoms with Crippen molar-refractivity contribution >= 4 is 5.91 Å². The van der Waals surface area contributed by atoms with E-state index in [2.05, 4.69) is 4.90 Å². The quantitative estimate of drug-likeness (QED) is 0.815. The van der Waals surface area contributed by atoms with Crippen LogP contribution in [0.4, 0.5) is 0 Å². The molecule has 3 fully saturated rings. The standard InChI is InChI=1S/C15H27N3O2/c16-15(4-1-5-15)14(19)18-6-2-13(3-7-18)12-17-8-10-20-11-9-17/h13H,1-12,16H2. The molecule has 5 nitrogen and oxygen atoms in total. The van der Waals surface area contributed by atoms with Crippen LogP contribution in [-0.4, -0.2) is 67.2 Å². The topological polar surface area (TPSA) is 58.8 Å². The monoisotopic (exact) mass is 281 g/mol. The van der Waals surface area contributed by atoms with E-state index in [1.165, 1.54) is 6.54 Å². The van der Waals surface area contributed by atoms with E-state index in [1.54, 1.807) is 0 Å². The van der Waals surface area contributed by atoms with E-state index in [0.29, 0.717) is 0 Å².